The van der Waals surface area contributed by atoms with Crippen LogP contribution in [0.4, 0.5) is 5.69 Å². The topological polar surface area (TPSA) is 12.0 Å². The van der Waals surface area contributed by atoms with Crippen LogP contribution in [-0.2, 0) is 17.4 Å². The van der Waals surface area contributed by atoms with Gasteiger partial charge in [-0.2, -0.15) is 0 Å². The third-order valence-electron chi connectivity index (χ3n) is 5.65. The van der Waals surface area contributed by atoms with Crippen molar-refractivity contribution in [1.82, 2.24) is 0 Å². The number of fused-ring (bicyclic) bond motifs is 5. The van der Waals surface area contributed by atoms with Gasteiger partial charge in [0.25, 0.3) is 0 Å². The zero-order valence-electron chi connectivity index (χ0n) is 12.7. The summed E-state index contributed by atoms with van der Waals surface area (Å²) in [5, 5.41) is 3.86. The van der Waals surface area contributed by atoms with Gasteiger partial charge in [-0.1, -0.05) is 48.9 Å². The molecule has 4 rings (SSSR count). The Hall–Kier alpha value is -1.76. The first kappa shape index (κ1) is 12.0. The number of hydrogen-bond donors (Lipinski definition) is 1. The van der Waals surface area contributed by atoms with Gasteiger partial charge < -0.3 is 5.32 Å². The molecule has 0 saturated carbocycles. The second-order valence-corrected chi connectivity index (χ2v) is 6.92. The van der Waals surface area contributed by atoms with E-state index in [0.717, 1.165) is 6.42 Å². The standard InChI is InChI=1S/C19H21N/c1-12-9-13(2)17-16(10-12)18(3)11-14-7-5-6-8-15(14)19(18,4)20-17/h5-10,20H,11H2,1-4H3/t18-,19-/m1/s1. The summed E-state index contributed by atoms with van der Waals surface area (Å²) >= 11 is 0. The molecule has 2 atom stereocenters. The van der Waals surface area contributed by atoms with Crippen molar-refractivity contribution in [2.24, 2.45) is 0 Å². The van der Waals surface area contributed by atoms with Gasteiger partial charge in [-0.05, 0) is 49.4 Å². The molecular weight excluding hydrogens is 242 g/mol. The minimum absolute atomic E-state index is 0.0183. The van der Waals surface area contributed by atoms with Crippen LogP contribution < -0.4 is 5.32 Å². The van der Waals surface area contributed by atoms with Gasteiger partial charge in [0.2, 0.25) is 0 Å². The van der Waals surface area contributed by atoms with Crippen LogP contribution >= 0.6 is 0 Å². The second-order valence-electron chi connectivity index (χ2n) is 6.92. The van der Waals surface area contributed by atoms with Crippen molar-refractivity contribution in [3.8, 4) is 0 Å². The van der Waals surface area contributed by atoms with Crippen LogP contribution in [0.3, 0.4) is 0 Å². The molecule has 0 bridgehead atoms. The normalized spacial score (nSPS) is 29.6. The average Bonchev–Trinajstić information content (AvgIpc) is 2.75. The van der Waals surface area contributed by atoms with Crippen molar-refractivity contribution in [3.05, 3.63) is 64.2 Å². The lowest BCUT2D eigenvalue weighted by molar-refractivity contribution is 0.341. The molecule has 2 aromatic carbocycles. The van der Waals surface area contributed by atoms with Gasteiger partial charge in [0.15, 0.2) is 0 Å². The maximum absolute atomic E-state index is 3.86. The Labute approximate surface area is 121 Å². The van der Waals surface area contributed by atoms with Gasteiger partial charge >= 0.3 is 0 Å². The van der Waals surface area contributed by atoms with E-state index in [1.165, 1.54) is 33.5 Å². The van der Waals surface area contributed by atoms with Crippen LogP contribution in [0.5, 0.6) is 0 Å². The highest BCUT2D eigenvalue weighted by molar-refractivity contribution is 5.73. The predicted molar refractivity (Wildman–Crippen MR) is 84.4 cm³/mol. The van der Waals surface area contributed by atoms with Crippen molar-refractivity contribution in [1.29, 1.82) is 0 Å². The van der Waals surface area contributed by atoms with Gasteiger partial charge in [-0.25, -0.2) is 0 Å². The van der Waals surface area contributed by atoms with E-state index < -0.39 is 0 Å². The SMILES string of the molecule is Cc1cc(C)c2c(c1)[C@@]1(C)Cc3ccccc3[C@@]1(C)N2. The first-order valence-corrected chi connectivity index (χ1v) is 7.44. The number of hydrogen-bond acceptors (Lipinski definition) is 1. The fraction of sp³-hybridized carbons (Fsp3) is 0.368. The van der Waals surface area contributed by atoms with E-state index in [2.05, 4.69) is 69.4 Å². The highest BCUT2D eigenvalue weighted by Gasteiger charge is 2.57. The monoisotopic (exact) mass is 263 g/mol. The first-order chi connectivity index (χ1) is 9.46. The summed E-state index contributed by atoms with van der Waals surface area (Å²) in [5.74, 6) is 0. The van der Waals surface area contributed by atoms with Crippen LogP contribution in [0, 0.1) is 13.8 Å². The van der Waals surface area contributed by atoms with E-state index in [-0.39, 0.29) is 11.0 Å². The quantitative estimate of drug-likeness (QED) is 0.740. The lowest BCUT2D eigenvalue weighted by Crippen LogP contribution is -2.42. The van der Waals surface area contributed by atoms with Gasteiger partial charge in [0, 0.05) is 11.1 Å². The predicted octanol–water partition coefficient (Wildman–Crippen LogP) is 4.46. The van der Waals surface area contributed by atoms with E-state index in [9.17, 15) is 0 Å². The molecule has 0 aromatic heterocycles. The zero-order valence-corrected chi connectivity index (χ0v) is 12.7. The van der Waals surface area contributed by atoms with Crippen molar-refractivity contribution >= 4 is 5.69 Å². The Balaban J connectivity index is 2.01. The Morgan fingerprint density at radius 1 is 1.00 bits per heavy atom. The lowest BCUT2D eigenvalue weighted by atomic mass is 9.70. The van der Waals surface area contributed by atoms with E-state index in [0.29, 0.717) is 0 Å². The summed E-state index contributed by atoms with van der Waals surface area (Å²) in [6, 6.07) is 13.6. The van der Waals surface area contributed by atoms with Crippen molar-refractivity contribution in [2.75, 3.05) is 5.32 Å². The minimum atomic E-state index is 0.0183. The van der Waals surface area contributed by atoms with Crippen molar-refractivity contribution < 1.29 is 0 Å². The summed E-state index contributed by atoms with van der Waals surface area (Å²) in [6.45, 7) is 9.21. The van der Waals surface area contributed by atoms with E-state index in [1.807, 2.05) is 0 Å². The minimum Gasteiger partial charge on any atom is -0.374 e. The van der Waals surface area contributed by atoms with Gasteiger partial charge in [-0.3, -0.25) is 0 Å². The molecule has 0 fully saturated rings. The molecule has 0 spiro atoms. The van der Waals surface area contributed by atoms with Crippen LogP contribution in [0.15, 0.2) is 36.4 Å². The average molecular weight is 263 g/mol. The highest BCUT2D eigenvalue weighted by Crippen LogP contribution is 2.59. The van der Waals surface area contributed by atoms with Gasteiger partial charge in [0.05, 0.1) is 5.54 Å². The summed E-state index contributed by atoms with van der Waals surface area (Å²) in [7, 11) is 0. The molecule has 1 heterocycles. The van der Waals surface area contributed by atoms with Gasteiger partial charge in [0.1, 0.15) is 0 Å². The zero-order chi connectivity index (χ0) is 14.1. The van der Waals surface area contributed by atoms with E-state index >= 15 is 0 Å². The first-order valence-electron chi connectivity index (χ1n) is 7.44. The molecule has 2 aromatic rings. The maximum Gasteiger partial charge on any atom is 0.0697 e. The van der Waals surface area contributed by atoms with Crippen molar-refractivity contribution in [2.45, 2.75) is 45.1 Å². The number of anilines is 1. The molecule has 2 aliphatic rings. The third kappa shape index (κ3) is 1.19. The third-order valence-corrected chi connectivity index (χ3v) is 5.65. The van der Waals surface area contributed by atoms with Crippen LogP contribution in [0.2, 0.25) is 0 Å². The molecule has 1 N–H and O–H groups in total. The Kier molecular flexibility index (Phi) is 2.08. The summed E-state index contributed by atoms with van der Waals surface area (Å²) in [4.78, 5) is 0. The number of aryl methyl sites for hydroxylation is 2. The van der Waals surface area contributed by atoms with E-state index in [4.69, 9.17) is 0 Å². The molecular formula is C19H21N. The molecule has 1 aliphatic heterocycles. The van der Waals surface area contributed by atoms with E-state index in [1.54, 1.807) is 0 Å². The van der Waals surface area contributed by atoms with Crippen LogP contribution in [0.25, 0.3) is 0 Å². The lowest BCUT2D eigenvalue weighted by Gasteiger charge is -2.36. The molecule has 1 nitrogen and oxygen atoms in total. The summed E-state index contributed by atoms with van der Waals surface area (Å²) < 4.78 is 0. The Bertz CT molecular complexity index is 731. The van der Waals surface area contributed by atoms with Crippen LogP contribution in [0.1, 0.15) is 41.7 Å². The molecule has 0 radical (unpaired) electrons. The second kappa shape index (κ2) is 3.46. The maximum atomic E-state index is 3.86. The summed E-state index contributed by atoms with van der Waals surface area (Å²) in [6.07, 6.45) is 1.13. The van der Waals surface area contributed by atoms with Gasteiger partial charge in [-0.15, -0.1) is 0 Å². The largest absolute Gasteiger partial charge is 0.374 e. The Morgan fingerprint density at radius 2 is 1.75 bits per heavy atom. The van der Waals surface area contributed by atoms with Crippen molar-refractivity contribution in [3.63, 3.8) is 0 Å². The number of nitrogens with one attached hydrogen (secondary N) is 1. The molecule has 0 saturated heterocycles. The molecule has 1 aliphatic carbocycles. The highest BCUT2D eigenvalue weighted by atomic mass is 15.1. The number of rotatable bonds is 0. The fourth-order valence-electron chi connectivity index (χ4n) is 4.41. The molecule has 0 unspecified atom stereocenters. The molecule has 1 heteroatoms. The summed E-state index contributed by atoms with van der Waals surface area (Å²) in [5.41, 5.74) is 8.72. The molecule has 20 heavy (non-hydrogen) atoms. The smallest absolute Gasteiger partial charge is 0.0697 e. The fourth-order valence-corrected chi connectivity index (χ4v) is 4.41. The molecule has 102 valence electrons. The Morgan fingerprint density at radius 3 is 2.55 bits per heavy atom. The van der Waals surface area contributed by atoms with Crippen LogP contribution in [-0.4, -0.2) is 0 Å². The molecule has 0 amide bonds. The number of benzene rings is 2.